The SMILES string of the molecule is C[C@@H](O)CCc1cccnc1Cl. The topological polar surface area (TPSA) is 33.1 Å². The number of aliphatic hydroxyl groups excluding tert-OH is 1. The van der Waals surface area contributed by atoms with E-state index in [2.05, 4.69) is 4.98 Å². The third-order valence-corrected chi connectivity index (χ3v) is 2.01. The van der Waals surface area contributed by atoms with Crippen molar-refractivity contribution in [2.45, 2.75) is 25.9 Å². The third kappa shape index (κ3) is 2.80. The van der Waals surface area contributed by atoms with Crippen molar-refractivity contribution in [2.75, 3.05) is 0 Å². The smallest absolute Gasteiger partial charge is 0.132 e. The number of aliphatic hydroxyl groups is 1. The summed E-state index contributed by atoms with van der Waals surface area (Å²) in [5.74, 6) is 0. The number of aryl methyl sites for hydroxylation is 1. The van der Waals surface area contributed by atoms with E-state index in [1.807, 2.05) is 12.1 Å². The van der Waals surface area contributed by atoms with Gasteiger partial charge in [-0.2, -0.15) is 0 Å². The maximum atomic E-state index is 9.04. The highest BCUT2D eigenvalue weighted by Crippen LogP contribution is 2.13. The van der Waals surface area contributed by atoms with E-state index in [4.69, 9.17) is 16.7 Å². The molecule has 0 aliphatic carbocycles. The summed E-state index contributed by atoms with van der Waals surface area (Å²) in [7, 11) is 0. The monoisotopic (exact) mass is 185 g/mol. The first-order valence-corrected chi connectivity index (χ1v) is 4.35. The van der Waals surface area contributed by atoms with Crippen molar-refractivity contribution in [3.05, 3.63) is 29.0 Å². The Hall–Kier alpha value is -0.600. The van der Waals surface area contributed by atoms with Gasteiger partial charge in [-0.15, -0.1) is 0 Å². The minimum Gasteiger partial charge on any atom is -0.393 e. The van der Waals surface area contributed by atoms with E-state index in [0.29, 0.717) is 5.15 Å². The molecular weight excluding hydrogens is 174 g/mol. The van der Waals surface area contributed by atoms with Crippen LogP contribution in [0.2, 0.25) is 5.15 Å². The van der Waals surface area contributed by atoms with Gasteiger partial charge in [-0.05, 0) is 31.4 Å². The molecule has 0 amide bonds. The van der Waals surface area contributed by atoms with Gasteiger partial charge >= 0.3 is 0 Å². The van der Waals surface area contributed by atoms with Gasteiger partial charge in [0.1, 0.15) is 5.15 Å². The minimum atomic E-state index is -0.277. The molecule has 1 N–H and O–H groups in total. The van der Waals surface area contributed by atoms with E-state index in [1.54, 1.807) is 13.1 Å². The molecule has 0 radical (unpaired) electrons. The van der Waals surface area contributed by atoms with Gasteiger partial charge in [0.15, 0.2) is 0 Å². The quantitative estimate of drug-likeness (QED) is 0.732. The average molecular weight is 186 g/mol. The summed E-state index contributed by atoms with van der Waals surface area (Å²) in [6.45, 7) is 1.77. The lowest BCUT2D eigenvalue weighted by Crippen LogP contribution is -2.01. The van der Waals surface area contributed by atoms with Crippen LogP contribution in [0, 0.1) is 0 Å². The Balaban J connectivity index is 2.57. The van der Waals surface area contributed by atoms with E-state index in [0.717, 1.165) is 18.4 Å². The molecule has 1 heterocycles. The van der Waals surface area contributed by atoms with Gasteiger partial charge in [0, 0.05) is 6.20 Å². The van der Waals surface area contributed by atoms with E-state index in [1.165, 1.54) is 0 Å². The van der Waals surface area contributed by atoms with Crippen LogP contribution in [0.15, 0.2) is 18.3 Å². The van der Waals surface area contributed by atoms with E-state index in [9.17, 15) is 0 Å². The molecule has 0 saturated carbocycles. The molecule has 3 heteroatoms. The highest BCUT2D eigenvalue weighted by Gasteiger charge is 2.01. The van der Waals surface area contributed by atoms with Crippen LogP contribution >= 0.6 is 11.6 Å². The van der Waals surface area contributed by atoms with Crippen LogP contribution in [0.4, 0.5) is 0 Å². The summed E-state index contributed by atoms with van der Waals surface area (Å²) in [4.78, 5) is 3.94. The zero-order valence-corrected chi connectivity index (χ0v) is 7.75. The zero-order chi connectivity index (χ0) is 8.97. The molecule has 0 fully saturated rings. The van der Waals surface area contributed by atoms with Gasteiger partial charge in [0.25, 0.3) is 0 Å². The summed E-state index contributed by atoms with van der Waals surface area (Å²) in [5.41, 5.74) is 1.00. The van der Waals surface area contributed by atoms with E-state index < -0.39 is 0 Å². The minimum absolute atomic E-state index is 0.277. The van der Waals surface area contributed by atoms with Crippen molar-refractivity contribution in [3.63, 3.8) is 0 Å². The van der Waals surface area contributed by atoms with Gasteiger partial charge in [-0.25, -0.2) is 4.98 Å². The van der Waals surface area contributed by atoms with Crippen LogP contribution in [0.3, 0.4) is 0 Å². The highest BCUT2D eigenvalue weighted by atomic mass is 35.5. The lowest BCUT2D eigenvalue weighted by molar-refractivity contribution is 0.185. The predicted molar refractivity (Wildman–Crippen MR) is 49.2 cm³/mol. The van der Waals surface area contributed by atoms with Crippen LogP contribution in [0.1, 0.15) is 18.9 Å². The van der Waals surface area contributed by atoms with Gasteiger partial charge in [-0.3, -0.25) is 0 Å². The zero-order valence-electron chi connectivity index (χ0n) is 7.00. The maximum absolute atomic E-state index is 9.04. The van der Waals surface area contributed by atoms with Crippen LogP contribution in [0.25, 0.3) is 0 Å². The highest BCUT2D eigenvalue weighted by molar-refractivity contribution is 6.30. The number of pyridine rings is 1. The van der Waals surface area contributed by atoms with Gasteiger partial charge in [-0.1, -0.05) is 17.7 Å². The molecule has 0 saturated heterocycles. The average Bonchev–Trinajstić information content (AvgIpc) is 2.03. The number of halogens is 1. The number of hydrogen-bond donors (Lipinski definition) is 1. The molecule has 0 aliphatic heterocycles. The molecule has 0 aromatic carbocycles. The van der Waals surface area contributed by atoms with Crippen molar-refractivity contribution in [1.82, 2.24) is 4.98 Å². The predicted octanol–water partition coefficient (Wildman–Crippen LogP) is 2.05. The van der Waals surface area contributed by atoms with Crippen molar-refractivity contribution < 1.29 is 5.11 Å². The molecule has 1 aromatic heterocycles. The number of rotatable bonds is 3. The molecule has 1 aromatic rings. The summed E-state index contributed by atoms with van der Waals surface area (Å²) < 4.78 is 0. The number of hydrogen-bond acceptors (Lipinski definition) is 2. The number of nitrogens with zero attached hydrogens (tertiary/aromatic N) is 1. The first-order chi connectivity index (χ1) is 5.70. The fourth-order valence-corrected chi connectivity index (χ4v) is 1.18. The number of aromatic nitrogens is 1. The summed E-state index contributed by atoms with van der Waals surface area (Å²) in [6.07, 6.45) is 2.89. The van der Waals surface area contributed by atoms with Gasteiger partial charge in [0.05, 0.1) is 6.10 Å². The summed E-state index contributed by atoms with van der Waals surface area (Å²) in [5, 5.41) is 9.58. The molecule has 1 atom stereocenters. The first kappa shape index (κ1) is 9.49. The van der Waals surface area contributed by atoms with Gasteiger partial charge in [0.2, 0.25) is 0 Å². The summed E-state index contributed by atoms with van der Waals surface area (Å²) in [6, 6.07) is 3.78. The van der Waals surface area contributed by atoms with Gasteiger partial charge < -0.3 is 5.11 Å². The molecule has 0 spiro atoms. The van der Waals surface area contributed by atoms with Crippen molar-refractivity contribution in [3.8, 4) is 0 Å². The molecule has 0 unspecified atom stereocenters. The van der Waals surface area contributed by atoms with Crippen LogP contribution in [-0.2, 0) is 6.42 Å². The third-order valence-electron chi connectivity index (χ3n) is 1.67. The lowest BCUT2D eigenvalue weighted by atomic mass is 10.1. The first-order valence-electron chi connectivity index (χ1n) is 3.97. The molecular formula is C9H12ClNO. The standard InChI is InChI=1S/C9H12ClNO/c1-7(12)4-5-8-3-2-6-11-9(8)10/h2-3,6-7,12H,4-5H2,1H3/t7-/m1/s1. The largest absolute Gasteiger partial charge is 0.393 e. The normalized spacial score (nSPS) is 12.9. The van der Waals surface area contributed by atoms with Crippen molar-refractivity contribution >= 4 is 11.6 Å². The Morgan fingerprint density at radius 3 is 3.00 bits per heavy atom. The molecule has 66 valence electrons. The molecule has 0 bridgehead atoms. The second kappa shape index (κ2) is 4.43. The van der Waals surface area contributed by atoms with Crippen LogP contribution in [0.5, 0.6) is 0 Å². The van der Waals surface area contributed by atoms with Crippen LogP contribution in [-0.4, -0.2) is 16.2 Å². The molecule has 12 heavy (non-hydrogen) atoms. The van der Waals surface area contributed by atoms with E-state index in [-0.39, 0.29) is 6.10 Å². The fraction of sp³-hybridized carbons (Fsp3) is 0.444. The van der Waals surface area contributed by atoms with Crippen molar-refractivity contribution in [1.29, 1.82) is 0 Å². The molecule has 1 rings (SSSR count). The second-order valence-electron chi connectivity index (χ2n) is 2.84. The fourth-order valence-electron chi connectivity index (χ4n) is 0.970. The molecule has 0 aliphatic rings. The Bertz CT molecular complexity index is 250. The lowest BCUT2D eigenvalue weighted by Gasteiger charge is -2.04. The van der Waals surface area contributed by atoms with E-state index >= 15 is 0 Å². The maximum Gasteiger partial charge on any atom is 0.132 e. The van der Waals surface area contributed by atoms with Crippen molar-refractivity contribution in [2.24, 2.45) is 0 Å². The Morgan fingerprint density at radius 1 is 1.67 bits per heavy atom. The molecule has 2 nitrogen and oxygen atoms in total. The van der Waals surface area contributed by atoms with Crippen LogP contribution < -0.4 is 0 Å². The summed E-state index contributed by atoms with van der Waals surface area (Å²) >= 11 is 5.81. The Labute approximate surface area is 77.2 Å². The second-order valence-corrected chi connectivity index (χ2v) is 3.20. The Morgan fingerprint density at radius 2 is 2.42 bits per heavy atom. The Kier molecular flexibility index (Phi) is 3.50.